The summed E-state index contributed by atoms with van der Waals surface area (Å²) in [6, 6.07) is 17.2. The standard InChI is InChI=1S/C30H30FN3O7/c1-18-6-4-5-7-24(18)32-30-33-28-25(37-2)13-23(14-26(28)41-30)40-17-27(35)34-15-20(31)12-21(34)16-39-22-10-8-19(9-11-22)29(36)38-3/h4-11,13-14,20-21H,12,15-17H2,1-3H3,(H,32,33)/t20-,21-/m0/s1. The van der Waals surface area contributed by atoms with Crippen LogP contribution in [0.15, 0.2) is 65.1 Å². The van der Waals surface area contributed by atoms with E-state index in [9.17, 15) is 14.0 Å². The van der Waals surface area contributed by atoms with Gasteiger partial charge in [-0.1, -0.05) is 18.2 Å². The smallest absolute Gasteiger partial charge is 0.337 e. The molecule has 1 saturated heterocycles. The van der Waals surface area contributed by atoms with Crippen LogP contribution in [0.5, 0.6) is 17.2 Å². The SMILES string of the molecule is COC(=O)c1ccc(OC[C@@H]2C[C@H](F)CN2C(=O)COc2cc(OC)c3nc(Nc4ccccc4C)oc3c2)cc1. The van der Waals surface area contributed by atoms with Crippen molar-refractivity contribution in [2.24, 2.45) is 0 Å². The van der Waals surface area contributed by atoms with E-state index in [0.29, 0.717) is 33.9 Å². The number of anilines is 2. The first kappa shape index (κ1) is 27.8. The fraction of sp³-hybridized carbons (Fsp3) is 0.300. The molecule has 5 rings (SSSR count). The van der Waals surface area contributed by atoms with Crippen molar-refractivity contribution in [1.29, 1.82) is 0 Å². The van der Waals surface area contributed by atoms with Crippen LogP contribution in [-0.4, -0.2) is 68.0 Å². The van der Waals surface area contributed by atoms with E-state index >= 15 is 0 Å². The van der Waals surface area contributed by atoms with E-state index in [1.807, 2.05) is 31.2 Å². The summed E-state index contributed by atoms with van der Waals surface area (Å²) in [4.78, 5) is 30.6. The number of nitrogens with one attached hydrogen (secondary N) is 1. The molecule has 214 valence electrons. The number of hydrogen-bond acceptors (Lipinski definition) is 9. The summed E-state index contributed by atoms with van der Waals surface area (Å²) in [5, 5.41) is 3.16. The maximum Gasteiger partial charge on any atom is 0.337 e. The van der Waals surface area contributed by atoms with Gasteiger partial charge in [-0.15, -0.1) is 0 Å². The highest BCUT2D eigenvalue weighted by atomic mass is 19.1. The highest BCUT2D eigenvalue weighted by Crippen LogP contribution is 2.34. The number of alkyl halides is 1. The number of benzene rings is 3. The van der Waals surface area contributed by atoms with Gasteiger partial charge in [0.1, 0.15) is 24.3 Å². The van der Waals surface area contributed by atoms with Crippen LogP contribution >= 0.6 is 0 Å². The summed E-state index contributed by atoms with van der Waals surface area (Å²) >= 11 is 0. The number of halogens is 1. The lowest BCUT2D eigenvalue weighted by molar-refractivity contribution is -0.134. The van der Waals surface area contributed by atoms with Crippen molar-refractivity contribution in [3.05, 3.63) is 71.8 Å². The van der Waals surface area contributed by atoms with Crippen LogP contribution in [0.1, 0.15) is 22.3 Å². The number of aryl methyl sites for hydroxylation is 1. The predicted molar refractivity (Wildman–Crippen MR) is 149 cm³/mol. The number of ether oxygens (including phenoxy) is 4. The number of para-hydroxylation sites is 1. The molecule has 11 heteroatoms. The van der Waals surface area contributed by atoms with Gasteiger partial charge >= 0.3 is 5.97 Å². The maximum absolute atomic E-state index is 14.3. The van der Waals surface area contributed by atoms with Crippen LogP contribution in [0.4, 0.5) is 16.1 Å². The largest absolute Gasteiger partial charge is 0.494 e. The van der Waals surface area contributed by atoms with E-state index in [-0.39, 0.29) is 38.1 Å². The molecule has 1 aliphatic rings. The van der Waals surface area contributed by atoms with Crippen LogP contribution in [0.3, 0.4) is 0 Å². The van der Waals surface area contributed by atoms with Crippen molar-refractivity contribution >= 4 is 34.7 Å². The lowest BCUT2D eigenvalue weighted by Gasteiger charge is -2.24. The van der Waals surface area contributed by atoms with E-state index in [1.165, 1.54) is 19.1 Å². The Morgan fingerprint density at radius 1 is 1.07 bits per heavy atom. The lowest BCUT2D eigenvalue weighted by Crippen LogP contribution is -2.41. The average molecular weight is 564 g/mol. The molecule has 0 unspecified atom stereocenters. The monoisotopic (exact) mass is 563 g/mol. The third-order valence-electron chi connectivity index (χ3n) is 6.80. The third kappa shape index (κ3) is 6.34. The van der Waals surface area contributed by atoms with Gasteiger partial charge in [-0.3, -0.25) is 4.79 Å². The summed E-state index contributed by atoms with van der Waals surface area (Å²) in [6.45, 7) is 1.71. The van der Waals surface area contributed by atoms with Gasteiger partial charge in [0.25, 0.3) is 11.9 Å². The average Bonchev–Trinajstić information content (AvgIpc) is 3.57. The van der Waals surface area contributed by atoms with E-state index in [0.717, 1.165) is 11.3 Å². The Hall–Kier alpha value is -4.80. The van der Waals surface area contributed by atoms with Gasteiger partial charge in [-0.25, -0.2) is 9.18 Å². The molecule has 0 spiro atoms. The first-order valence-electron chi connectivity index (χ1n) is 13.0. The molecule has 1 aliphatic heterocycles. The van der Waals surface area contributed by atoms with Crippen molar-refractivity contribution in [2.45, 2.75) is 25.6 Å². The number of nitrogens with zero attached hydrogens (tertiary/aromatic N) is 2. The molecule has 2 atom stereocenters. The van der Waals surface area contributed by atoms with Crippen molar-refractivity contribution in [3.8, 4) is 17.2 Å². The van der Waals surface area contributed by atoms with Gasteiger partial charge in [-0.05, 0) is 42.8 Å². The zero-order chi connectivity index (χ0) is 28.9. The van der Waals surface area contributed by atoms with Gasteiger partial charge in [0.2, 0.25) is 0 Å². The first-order chi connectivity index (χ1) is 19.8. The van der Waals surface area contributed by atoms with Crippen LogP contribution < -0.4 is 19.5 Å². The van der Waals surface area contributed by atoms with E-state index in [4.69, 9.17) is 18.6 Å². The van der Waals surface area contributed by atoms with Crippen molar-refractivity contribution in [3.63, 3.8) is 0 Å². The molecule has 10 nitrogen and oxygen atoms in total. The topological polar surface area (TPSA) is 112 Å². The molecule has 0 radical (unpaired) electrons. The van der Waals surface area contributed by atoms with Crippen LogP contribution in [0.25, 0.3) is 11.1 Å². The number of amides is 1. The van der Waals surface area contributed by atoms with Crippen molar-refractivity contribution < 1.29 is 37.3 Å². The molecule has 1 fully saturated rings. The molecule has 41 heavy (non-hydrogen) atoms. The zero-order valence-corrected chi connectivity index (χ0v) is 22.9. The number of fused-ring (bicyclic) bond motifs is 1. The summed E-state index contributed by atoms with van der Waals surface area (Å²) in [5.74, 6) is 0.423. The Morgan fingerprint density at radius 2 is 1.85 bits per heavy atom. The minimum absolute atomic E-state index is 0.0457. The van der Waals surface area contributed by atoms with Crippen molar-refractivity contribution in [2.75, 3.05) is 39.3 Å². The van der Waals surface area contributed by atoms with Crippen LogP contribution in [-0.2, 0) is 9.53 Å². The molecule has 0 aliphatic carbocycles. The Bertz CT molecular complexity index is 1540. The number of likely N-dealkylation sites (tertiary alicyclic amines) is 1. The van der Waals surface area contributed by atoms with E-state index < -0.39 is 18.2 Å². The summed E-state index contributed by atoms with van der Waals surface area (Å²) < 4.78 is 41.9. The highest BCUT2D eigenvalue weighted by Gasteiger charge is 2.36. The molecule has 1 amide bonds. The Morgan fingerprint density at radius 3 is 2.59 bits per heavy atom. The normalized spacial score (nSPS) is 16.4. The summed E-state index contributed by atoms with van der Waals surface area (Å²) in [6.07, 6.45) is -1.01. The molecular formula is C30H30FN3O7. The molecule has 1 aromatic heterocycles. The summed E-state index contributed by atoms with van der Waals surface area (Å²) in [5.41, 5.74) is 3.18. The number of aromatic nitrogens is 1. The van der Waals surface area contributed by atoms with Gasteiger partial charge in [0.05, 0.1) is 32.4 Å². The number of carbonyl (C=O) groups is 2. The van der Waals surface area contributed by atoms with E-state index in [1.54, 1.807) is 36.4 Å². The number of carbonyl (C=O) groups excluding carboxylic acids is 2. The van der Waals surface area contributed by atoms with Gasteiger partial charge in [-0.2, -0.15) is 4.98 Å². The van der Waals surface area contributed by atoms with Crippen LogP contribution in [0.2, 0.25) is 0 Å². The number of rotatable bonds is 10. The van der Waals surface area contributed by atoms with E-state index in [2.05, 4.69) is 15.0 Å². The van der Waals surface area contributed by atoms with Crippen LogP contribution in [0, 0.1) is 6.92 Å². The van der Waals surface area contributed by atoms with Gasteiger partial charge < -0.3 is 33.6 Å². The second-order valence-electron chi connectivity index (χ2n) is 9.58. The fourth-order valence-electron chi connectivity index (χ4n) is 4.64. The molecule has 4 aromatic rings. The summed E-state index contributed by atoms with van der Waals surface area (Å²) in [7, 11) is 2.81. The van der Waals surface area contributed by atoms with Gasteiger partial charge in [0, 0.05) is 24.2 Å². The third-order valence-corrected chi connectivity index (χ3v) is 6.80. The second-order valence-corrected chi connectivity index (χ2v) is 9.58. The zero-order valence-electron chi connectivity index (χ0n) is 22.9. The maximum atomic E-state index is 14.3. The lowest BCUT2D eigenvalue weighted by atomic mass is 10.2. The molecular weight excluding hydrogens is 533 g/mol. The molecule has 0 saturated carbocycles. The van der Waals surface area contributed by atoms with Gasteiger partial charge in [0.15, 0.2) is 23.5 Å². The number of esters is 1. The quantitative estimate of drug-likeness (QED) is 0.264. The Kier molecular flexibility index (Phi) is 8.23. The minimum atomic E-state index is -1.17. The fourth-order valence-corrected chi connectivity index (χ4v) is 4.64. The minimum Gasteiger partial charge on any atom is -0.494 e. The molecule has 3 aromatic carbocycles. The van der Waals surface area contributed by atoms with Crippen molar-refractivity contribution in [1.82, 2.24) is 9.88 Å². The molecule has 1 N–H and O–H groups in total. The highest BCUT2D eigenvalue weighted by molar-refractivity contribution is 5.89. The molecule has 2 heterocycles. The Labute approximate surface area is 236 Å². The number of hydrogen-bond donors (Lipinski definition) is 1. The molecule has 0 bridgehead atoms. The predicted octanol–water partition coefficient (Wildman–Crippen LogP) is 5.07. The Balaban J connectivity index is 1.22. The number of oxazole rings is 1. The second kappa shape index (κ2) is 12.2. The number of methoxy groups -OCH3 is 2. The first-order valence-corrected chi connectivity index (χ1v) is 13.0.